The molecule has 1 aliphatic rings. The monoisotopic (exact) mass is 299 g/mol. The second kappa shape index (κ2) is 5.97. The van der Waals surface area contributed by atoms with Crippen molar-refractivity contribution in [3.63, 3.8) is 0 Å². The van der Waals surface area contributed by atoms with E-state index in [0.29, 0.717) is 17.1 Å². The van der Waals surface area contributed by atoms with Crippen LogP contribution in [-0.2, 0) is 6.54 Å². The van der Waals surface area contributed by atoms with Crippen molar-refractivity contribution >= 4 is 17.4 Å². The molecule has 6 heteroatoms. The molecule has 0 radical (unpaired) electrons. The Labute approximate surface area is 123 Å². The van der Waals surface area contributed by atoms with Crippen LogP contribution in [0.3, 0.4) is 0 Å². The van der Waals surface area contributed by atoms with E-state index in [-0.39, 0.29) is 17.1 Å². The van der Waals surface area contributed by atoms with Gasteiger partial charge >= 0.3 is 0 Å². The number of piperidine rings is 1. The van der Waals surface area contributed by atoms with Crippen LogP contribution in [0.2, 0.25) is 5.02 Å². The molecular weight excluding hydrogens is 281 g/mol. The molecule has 1 aliphatic heterocycles. The minimum absolute atomic E-state index is 0.265. The van der Waals surface area contributed by atoms with Crippen LogP contribution in [0.4, 0.5) is 4.39 Å². The highest BCUT2D eigenvalue weighted by molar-refractivity contribution is 6.31. The van der Waals surface area contributed by atoms with Gasteiger partial charge in [-0.05, 0) is 38.1 Å². The van der Waals surface area contributed by atoms with Gasteiger partial charge in [-0.1, -0.05) is 29.7 Å². The molecule has 0 spiro atoms. The number of nitrogens with two attached hydrogens (primary N) is 1. The third kappa shape index (κ3) is 3.04. The van der Waals surface area contributed by atoms with Crippen molar-refractivity contribution < 1.29 is 9.60 Å². The Bertz CT molecular complexity index is 493. The van der Waals surface area contributed by atoms with Gasteiger partial charge in [0, 0.05) is 22.5 Å². The maximum absolute atomic E-state index is 13.8. The Balaban J connectivity index is 2.02. The standard InChI is InChI=1S/C14H19ClFN3O/c1-14(13(17)18-20)5-7-19(8-6-14)9-10-11(15)3-2-4-12(10)16/h2-4,20H,5-9H2,1H3,(H2,17,18). The highest BCUT2D eigenvalue weighted by Gasteiger charge is 2.34. The first-order chi connectivity index (χ1) is 9.46. The second-order valence-corrected chi connectivity index (χ2v) is 5.93. The van der Waals surface area contributed by atoms with Crippen molar-refractivity contribution in [3.8, 4) is 0 Å². The first-order valence-electron chi connectivity index (χ1n) is 6.59. The number of hydrogen-bond donors (Lipinski definition) is 2. The summed E-state index contributed by atoms with van der Waals surface area (Å²) >= 11 is 6.04. The molecule has 0 unspecified atom stereocenters. The maximum atomic E-state index is 13.8. The fourth-order valence-corrected chi connectivity index (χ4v) is 2.71. The lowest BCUT2D eigenvalue weighted by Gasteiger charge is -2.38. The smallest absolute Gasteiger partial charge is 0.145 e. The summed E-state index contributed by atoms with van der Waals surface area (Å²) < 4.78 is 13.8. The van der Waals surface area contributed by atoms with Crippen LogP contribution in [0.1, 0.15) is 25.3 Å². The van der Waals surface area contributed by atoms with E-state index in [1.807, 2.05) is 6.92 Å². The van der Waals surface area contributed by atoms with Crippen LogP contribution in [0, 0.1) is 11.2 Å². The zero-order chi connectivity index (χ0) is 14.8. The van der Waals surface area contributed by atoms with Gasteiger partial charge in [0.1, 0.15) is 11.7 Å². The van der Waals surface area contributed by atoms with Crippen molar-refractivity contribution in [2.24, 2.45) is 16.3 Å². The van der Waals surface area contributed by atoms with Crippen LogP contribution in [0.5, 0.6) is 0 Å². The van der Waals surface area contributed by atoms with E-state index in [1.165, 1.54) is 6.07 Å². The normalized spacial score (nSPS) is 20.1. The van der Waals surface area contributed by atoms with E-state index in [4.69, 9.17) is 22.5 Å². The summed E-state index contributed by atoms with van der Waals surface area (Å²) in [4.78, 5) is 2.14. The largest absolute Gasteiger partial charge is 0.409 e. The first kappa shape index (κ1) is 15.1. The van der Waals surface area contributed by atoms with E-state index >= 15 is 0 Å². The molecule has 3 N–H and O–H groups in total. The summed E-state index contributed by atoms with van der Waals surface area (Å²) in [5.41, 5.74) is 5.97. The molecule has 0 aliphatic carbocycles. The zero-order valence-electron chi connectivity index (χ0n) is 11.4. The average Bonchev–Trinajstić information content (AvgIpc) is 2.44. The number of hydrogen-bond acceptors (Lipinski definition) is 3. The van der Waals surface area contributed by atoms with Gasteiger partial charge in [0.05, 0.1) is 0 Å². The van der Waals surface area contributed by atoms with Crippen molar-refractivity contribution in [3.05, 3.63) is 34.6 Å². The summed E-state index contributed by atoms with van der Waals surface area (Å²) in [5.74, 6) is -0.0108. The molecule has 0 saturated carbocycles. The molecule has 0 amide bonds. The molecule has 1 aromatic carbocycles. The molecule has 4 nitrogen and oxygen atoms in total. The van der Waals surface area contributed by atoms with Crippen LogP contribution in [0.25, 0.3) is 0 Å². The van der Waals surface area contributed by atoms with Gasteiger partial charge in [0.15, 0.2) is 0 Å². The molecule has 2 rings (SSSR count). The SMILES string of the molecule is CC1(/C(N)=N/O)CCN(Cc2c(F)cccc2Cl)CC1. The van der Waals surface area contributed by atoms with Crippen LogP contribution >= 0.6 is 11.6 Å². The number of amidine groups is 1. The van der Waals surface area contributed by atoms with Gasteiger partial charge < -0.3 is 10.9 Å². The number of benzene rings is 1. The van der Waals surface area contributed by atoms with Gasteiger partial charge in [-0.25, -0.2) is 4.39 Å². The summed E-state index contributed by atoms with van der Waals surface area (Å²) in [5, 5.41) is 12.4. The molecule has 0 bridgehead atoms. The Morgan fingerprint density at radius 3 is 2.70 bits per heavy atom. The lowest BCUT2D eigenvalue weighted by atomic mass is 9.79. The van der Waals surface area contributed by atoms with Crippen LogP contribution < -0.4 is 5.73 Å². The predicted molar refractivity (Wildman–Crippen MR) is 77.4 cm³/mol. The summed E-state index contributed by atoms with van der Waals surface area (Å²) in [6.45, 7) is 3.99. The number of nitrogens with zero attached hydrogens (tertiary/aromatic N) is 2. The molecule has 0 atom stereocenters. The second-order valence-electron chi connectivity index (χ2n) is 5.52. The third-order valence-electron chi connectivity index (χ3n) is 4.13. The lowest BCUT2D eigenvalue weighted by Crippen LogP contribution is -2.45. The number of oxime groups is 1. The minimum Gasteiger partial charge on any atom is -0.409 e. The fraction of sp³-hybridized carbons (Fsp3) is 0.500. The van der Waals surface area contributed by atoms with Gasteiger partial charge in [-0.3, -0.25) is 4.90 Å². The van der Waals surface area contributed by atoms with E-state index in [1.54, 1.807) is 12.1 Å². The van der Waals surface area contributed by atoms with Crippen molar-refractivity contribution in [1.82, 2.24) is 4.90 Å². The van der Waals surface area contributed by atoms with Gasteiger partial charge in [-0.15, -0.1) is 0 Å². The molecule has 1 saturated heterocycles. The Morgan fingerprint density at radius 1 is 1.50 bits per heavy atom. The maximum Gasteiger partial charge on any atom is 0.145 e. The first-order valence-corrected chi connectivity index (χ1v) is 6.97. The van der Waals surface area contributed by atoms with Crippen molar-refractivity contribution in [2.75, 3.05) is 13.1 Å². The molecular formula is C14H19ClFN3O. The fourth-order valence-electron chi connectivity index (χ4n) is 2.49. The van der Waals surface area contributed by atoms with Crippen LogP contribution in [0.15, 0.2) is 23.4 Å². The van der Waals surface area contributed by atoms with Crippen molar-refractivity contribution in [1.29, 1.82) is 0 Å². The molecule has 110 valence electrons. The summed E-state index contributed by atoms with van der Waals surface area (Å²) in [7, 11) is 0. The lowest BCUT2D eigenvalue weighted by molar-refractivity contribution is 0.151. The Kier molecular flexibility index (Phi) is 4.50. The third-order valence-corrected chi connectivity index (χ3v) is 4.48. The van der Waals surface area contributed by atoms with Crippen molar-refractivity contribution in [2.45, 2.75) is 26.3 Å². The number of halogens is 2. The van der Waals surface area contributed by atoms with E-state index in [9.17, 15) is 4.39 Å². The molecule has 20 heavy (non-hydrogen) atoms. The van der Waals surface area contributed by atoms with Gasteiger partial charge in [0.25, 0.3) is 0 Å². The van der Waals surface area contributed by atoms with Gasteiger partial charge in [0.2, 0.25) is 0 Å². The highest BCUT2D eigenvalue weighted by Crippen LogP contribution is 2.32. The molecule has 0 aromatic heterocycles. The molecule has 1 heterocycles. The molecule has 1 fully saturated rings. The number of likely N-dealkylation sites (tertiary alicyclic amines) is 1. The molecule has 1 aromatic rings. The van der Waals surface area contributed by atoms with E-state index in [2.05, 4.69) is 10.1 Å². The van der Waals surface area contributed by atoms with E-state index in [0.717, 1.165) is 25.9 Å². The topological polar surface area (TPSA) is 61.9 Å². The number of rotatable bonds is 3. The van der Waals surface area contributed by atoms with Crippen LogP contribution in [-0.4, -0.2) is 29.0 Å². The predicted octanol–water partition coefficient (Wildman–Crippen LogP) is 2.83. The Morgan fingerprint density at radius 2 is 2.15 bits per heavy atom. The van der Waals surface area contributed by atoms with Gasteiger partial charge in [-0.2, -0.15) is 0 Å². The summed E-state index contributed by atoms with van der Waals surface area (Å²) in [6.07, 6.45) is 1.55. The van der Waals surface area contributed by atoms with E-state index < -0.39 is 0 Å². The minimum atomic E-state index is -0.287. The quantitative estimate of drug-likeness (QED) is 0.390. The summed E-state index contributed by atoms with van der Waals surface area (Å²) in [6, 6.07) is 4.73. The Hall–Kier alpha value is -1.33. The highest BCUT2D eigenvalue weighted by atomic mass is 35.5. The zero-order valence-corrected chi connectivity index (χ0v) is 12.2. The average molecular weight is 300 g/mol.